The van der Waals surface area contributed by atoms with Crippen molar-refractivity contribution in [3.05, 3.63) is 12.4 Å². The summed E-state index contributed by atoms with van der Waals surface area (Å²) >= 11 is 1.48. The van der Waals surface area contributed by atoms with Crippen molar-refractivity contribution >= 4 is 18.0 Å². The van der Waals surface area contributed by atoms with E-state index in [9.17, 15) is 0 Å². The third-order valence-electron chi connectivity index (χ3n) is 0.849. The Morgan fingerprint density at radius 2 is 2.80 bits per heavy atom. The molecule has 1 heterocycles. The van der Waals surface area contributed by atoms with E-state index in [0.717, 1.165) is 5.16 Å². The SMILES string of the molecule is O/N=C/CSc1ncc[nH]1. The van der Waals surface area contributed by atoms with E-state index in [4.69, 9.17) is 5.21 Å². The first-order valence-electron chi connectivity index (χ1n) is 2.71. The van der Waals surface area contributed by atoms with Gasteiger partial charge in [-0.05, 0) is 0 Å². The first kappa shape index (κ1) is 7.14. The van der Waals surface area contributed by atoms with Crippen LogP contribution in [0.5, 0.6) is 0 Å². The molecule has 0 radical (unpaired) electrons. The lowest BCUT2D eigenvalue weighted by Crippen LogP contribution is -1.80. The summed E-state index contributed by atoms with van der Waals surface area (Å²) in [6.07, 6.45) is 4.84. The Kier molecular flexibility index (Phi) is 2.82. The zero-order valence-corrected chi connectivity index (χ0v) is 6.01. The molecule has 0 aromatic carbocycles. The lowest BCUT2D eigenvalue weighted by atomic mass is 10.9. The number of rotatable bonds is 3. The first-order chi connectivity index (χ1) is 4.93. The number of imidazole rings is 1. The van der Waals surface area contributed by atoms with Crippen LogP contribution in [0.3, 0.4) is 0 Å². The van der Waals surface area contributed by atoms with Crippen LogP contribution in [-0.2, 0) is 0 Å². The fourth-order valence-electron chi connectivity index (χ4n) is 0.479. The van der Waals surface area contributed by atoms with Crippen LogP contribution in [0.15, 0.2) is 22.7 Å². The molecule has 0 aliphatic carbocycles. The summed E-state index contributed by atoms with van der Waals surface area (Å²) in [5, 5.41) is 11.7. The largest absolute Gasteiger partial charge is 0.411 e. The normalized spacial score (nSPS) is 10.8. The van der Waals surface area contributed by atoms with E-state index in [1.807, 2.05) is 0 Å². The number of nitrogens with zero attached hydrogens (tertiary/aromatic N) is 2. The molecule has 0 amide bonds. The second kappa shape index (κ2) is 3.94. The van der Waals surface area contributed by atoms with Crippen molar-refractivity contribution in [3.63, 3.8) is 0 Å². The van der Waals surface area contributed by atoms with Crippen LogP contribution in [0.2, 0.25) is 0 Å². The van der Waals surface area contributed by atoms with Crippen molar-refractivity contribution in [2.75, 3.05) is 5.75 Å². The van der Waals surface area contributed by atoms with E-state index in [1.165, 1.54) is 18.0 Å². The Morgan fingerprint density at radius 1 is 1.90 bits per heavy atom. The highest BCUT2D eigenvalue weighted by molar-refractivity contribution is 7.99. The number of aromatic nitrogens is 2. The van der Waals surface area contributed by atoms with Gasteiger partial charge in [0.15, 0.2) is 5.16 Å². The van der Waals surface area contributed by atoms with Crippen molar-refractivity contribution in [2.45, 2.75) is 5.16 Å². The molecule has 0 atom stereocenters. The fraction of sp³-hybridized carbons (Fsp3) is 0.200. The van der Waals surface area contributed by atoms with Crippen molar-refractivity contribution in [3.8, 4) is 0 Å². The summed E-state index contributed by atoms with van der Waals surface area (Å²) in [6.45, 7) is 0. The maximum Gasteiger partial charge on any atom is 0.165 e. The minimum Gasteiger partial charge on any atom is -0.411 e. The van der Waals surface area contributed by atoms with Crippen LogP contribution in [0.1, 0.15) is 0 Å². The molecule has 0 fully saturated rings. The van der Waals surface area contributed by atoms with Gasteiger partial charge in [-0.3, -0.25) is 0 Å². The highest BCUT2D eigenvalue weighted by atomic mass is 32.2. The molecule has 1 aromatic rings. The molecule has 1 aromatic heterocycles. The van der Waals surface area contributed by atoms with E-state index < -0.39 is 0 Å². The number of nitrogens with one attached hydrogen (secondary N) is 1. The molecule has 0 saturated carbocycles. The predicted octanol–water partition coefficient (Wildman–Crippen LogP) is 0.962. The van der Waals surface area contributed by atoms with Crippen LogP contribution in [0, 0.1) is 0 Å². The number of hydrogen-bond acceptors (Lipinski definition) is 4. The van der Waals surface area contributed by atoms with Crippen molar-refractivity contribution < 1.29 is 5.21 Å². The van der Waals surface area contributed by atoms with Crippen molar-refractivity contribution in [2.24, 2.45) is 5.16 Å². The van der Waals surface area contributed by atoms with E-state index >= 15 is 0 Å². The Balaban J connectivity index is 2.28. The Labute approximate surface area is 62.4 Å². The molecule has 0 unspecified atom stereocenters. The van der Waals surface area contributed by atoms with Gasteiger partial charge in [0.25, 0.3) is 0 Å². The summed E-state index contributed by atoms with van der Waals surface area (Å²) in [4.78, 5) is 6.86. The zero-order valence-electron chi connectivity index (χ0n) is 5.19. The molecule has 54 valence electrons. The van der Waals surface area contributed by atoms with Crippen LogP contribution in [0.4, 0.5) is 0 Å². The van der Waals surface area contributed by atoms with Crippen LogP contribution in [0.25, 0.3) is 0 Å². The van der Waals surface area contributed by atoms with E-state index in [-0.39, 0.29) is 0 Å². The molecule has 0 aliphatic heterocycles. The van der Waals surface area contributed by atoms with Gasteiger partial charge >= 0.3 is 0 Å². The smallest absolute Gasteiger partial charge is 0.165 e. The monoisotopic (exact) mass is 157 g/mol. The number of H-pyrrole nitrogens is 1. The fourth-order valence-corrected chi connectivity index (χ4v) is 1.07. The highest BCUT2D eigenvalue weighted by Crippen LogP contribution is 2.08. The van der Waals surface area contributed by atoms with Gasteiger partial charge in [-0.15, -0.1) is 5.16 Å². The van der Waals surface area contributed by atoms with Gasteiger partial charge in [0, 0.05) is 18.1 Å². The van der Waals surface area contributed by atoms with Gasteiger partial charge in [0.1, 0.15) is 0 Å². The third kappa shape index (κ3) is 2.10. The topological polar surface area (TPSA) is 61.3 Å². The van der Waals surface area contributed by atoms with E-state index in [2.05, 4.69) is 15.1 Å². The molecule has 10 heavy (non-hydrogen) atoms. The number of aromatic amines is 1. The average molecular weight is 157 g/mol. The molecular formula is C5H7N3OS. The summed E-state index contributed by atoms with van der Waals surface area (Å²) < 4.78 is 0. The number of thioether (sulfide) groups is 1. The second-order valence-corrected chi connectivity index (χ2v) is 2.51. The van der Waals surface area contributed by atoms with Crippen molar-refractivity contribution in [1.82, 2.24) is 9.97 Å². The zero-order chi connectivity index (χ0) is 7.23. The summed E-state index contributed by atoms with van der Waals surface area (Å²) in [7, 11) is 0. The summed E-state index contributed by atoms with van der Waals surface area (Å²) in [5.74, 6) is 0.629. The van der Waals surface area contributed by atoms with Gasteiger partial charge in [-0.25, -0.2) is 4.98 Å². The van der Waals surface area contributed by atoms with Crippen LogP contribution < -0.4 is 0 Å². The van der Waals surface area contributed by atoms with Gasteiger partial charge < -0.3 is 10.2 Å². The lowest BCUT2D eigenvalue weighted by Gasteiger charge is -1.87. The quantitative estimate of drug-likeness (QED) is 0.297. The highest BCUT2D eigenvalue weighted by Gasteiger charge is 1.90. The van der Waals surface area contributed by atoms with Gasteiger partial charge in [-0.2, -0.15) is 0 Å². The Morgan fingerprint density at radius 3 is 3.40 bits per heavy atom. The molecule has 5 heteroatoms. The summed E-state index contributed by atoms with van der Waals surface area (Å²) in [5.41, 5.74) is 0. The van der Waals surface area contributed by atoms with Crippen LogP contribution in [-0.4, -0.2) is 27.1 Å². The minimum atomic E-state index is 0.629. The molecule has 0 aliphatic rings. The molecule has 1 rings (SSSR count). The lowest BCUT2D eigenvalue weighted by molar-refractivity contribution is 0.321. The molecular weight excluding hydrogens is 150 g/mol. The molecule has 0 saturated heterocycles. The van der Waals surface area contributed by atoms with Gasteiger partial charge in [0.2, 0.25) is 0 Å². The summed E-state index contributed by atoms with van der Waals surface area (Å²) in [6, 6.07) is 0. The number of hydrogen-bond donors (Lipinski definition) is 2. The average Bonchev–Trinajstić information content (AvgIpc) is 2.41. The standard InChI is InChI=1S/C5H7N3OS/c9-8-3-4-10-5-6-1-2-7-5/h1-3,9H,4H2,(H,6,7)/b8-3+. The first-order valence-corrected chi connectivity index (χ1v) is 3.70. The maximum absolute atomic E-state index is 8.02. The third-order valence-corrected chi connectivity index (χ3v) is 1.66. The Hall–Kier alpha value is -0.970. The van der Waals surface area contributed by atoms with E-state index in [0.29, 0.717) is 5.75 Å². The predicted molar refractivity (Wildman–Crippen MR) is 39.6 cm³/mol. The minimum absolute atomic E-state index is 0.629. The number of oxime groups is 1. The second-order valence-electron chi connectivity index (χ2n) is 1.50. The Bertz CT molecular complexity index is 197. The van der Waals surface area contributed by atoms with Gasteiger partial charge in [0.05, 0.1) is 6.21 Å². The van der Waals surface area contributed by atoms with Crippen LogP contribution >= 0.6 is 11.8 Å². The van der Waals surface area contributed by atoms with E-state index in [1.54, 1.807) is 12.4 Å². The molecule has 4 nitrogen and oxygen atoms in total. The molecule has 0 bridgehead atoms. The molecule has 2 N–H and O–H groups in total. The van der Waals surface area contributed by atoms with Crippen molar-refractivity contribution in [1.29, 1.82) is 0 Å². The maximum atomic E-state index is 8.02. The molecule has 0 spiro atoms. The van der Waals surface area contributed by atoms with Gasteiger partial charge in [-0.1, -0.05) is 11.8 Å².